The van der Waals surface area contributed by atoms with E-state index in [2.05, 4.69) is 15.6 Å². The van der Waals surface area contributed by atoms with Crippen molar-refractivity contribution in [1.82, 2.24) is 15.6 Å². The van der Waals surface area contributed by atoms with Gasteiger partial charge in [-0.15, -0.1) is 0 Å². The zero-order valence-corrected chi connectivity index (χ0v) is 11.5. The highest BCUT2D eigenvalue weighted by Gasteiger charge is 2.40. The number of hydrogen-bond acceptors (Lipinski definition) is 3. The monoisotopic (exact) mass is 277 g/mol. The van der Waals surface area contributed by atoms with Gasteiger partial charge in [0, 0.05) is 18.9 Å². The minimum Gasteiger partial charge on any atom is -0.481 e. The molecule has 20 heavy (non-hydrogen) atoms. The summed E-state index contributed by atoms with van der Waals surface area (Å²) in [6.45, 7) is 2.34. The molecule has 1 saturated carbocycles. The molecule has 0 aliphatic heterocycles. The second-order valence-electron chi connectivity index (χ2n) is 5.31. The maximum absolute atomic E-state index is 11.9. The van der Waals surface area contributed by atoms with Crippen LogP contribution in [0, 0.1) is 6.92 Å². The Morgan fingerprint density at radius 3 is 2.75 bits per heavy atom. The number of pyridine rings is 1. The first kappa shape index (κ1) is 14.3. The molecular formula is C14H19N3O3. The van der Waals surface area contributed by atoms with Crippen molar-refractivity contribution in [2.45, 2.75) is 44.7 Å². The van der Waals surface area contributed by atoms with Gasteiger partial charge in [0.25, 0.3) is 0 Å². The van der Waals surface area contributed by atoms with Crippen molar-refractivity contribution >= 4 is 12.0 Å². The van der Waals surface area contributed by atoms with E-state index in [-0.39, 0.29) is 12.5 Å². The summed E-state index contributed by atoms with van der Waals surface area (Å²) in [5.74, 6) is -0.880. The van der Waals surface area contributed by atoms with Crippen LogP contribution in [0.5, 0.6) is 0 Å². The summed E-state index contributed by atoms with van der Waals surface area (Å²) in [7, 11) is 0. The molecule has 0 spiro atoms. The Morgan fingerprint density at radius 2 is 2.20 bits per heavy atom. The predicted octanol–water partition coefficient (Wildman–Crippen LogP) is 1.59. The van der Waals surface area contributed by atoms with Gasteiger partial charge in [0.1, 0.15) is 0 Å². The zero-order chi connectivity index (χ0) is 14.6. The Kier molecular flexibility index (Phi) is 4.22. The van der Waals surface area contributed by atoms with E-state index in [0.29, 0.717) is 6.54 Å². The van der Waals surface area contributed by atoms with Crippen LogP contribution in [0.4, 0.5) is 4.79 Å². The smallest absolute Gasteiger partial charge is 0.315 e. The van der Waals surface area contributed by atoms with Gasteiger partial charge in [0.2, 0.25) is 0 Å². The molecule has 0 aromatic carbocycles. The van der Waals surface area contributed by atoms with E-state index in [1.807, 2.05) is 13.0 Å². The van der Waals surface area contributed by atoms with Crippen LogP contribution in [-0.2, 0) is 11.3 Å². The van der Waals surface area contributed by atoms with Crippen molar-refractivity contribution in [3.63, 3.8) is 0 Å². The quantitative estimate of drug-likeness (QED) is 0.762. The first-order valence-corrected chi connectivity index (χ1v) is 6.68. The average molecular weight is 277 g/mol. The van der Waals surface area contributed by atoms with Gasteiger partial charge in [0.05, 0.1) is 12.0 Å². The van der Waals surface area contributed by atoms with Gasteiger partial charge in [-0.3, -0.25) is 9.78 Å². The van der Waals surface area contributed by atoms with E-state index in [0.717, 1.165) is 30.4 Å². The van der Waals surface area contributed by atoms with Crippen LogP contribution >= 0.6 is 0 Å². The second kappa shape index (κ2) is 5.90. The number of nitrogens with one attached hydrogen (secondary N) is 2. The molecule has 108 valence electrons. The minimum absolute atomic E-state index is 0.0191. The number of carbonyl (C=O) groups excluding carboxylic acids is 1. The molecule has 1 aromatic heterocycles. The summed E-state index contributed by atoms with van der Waals surface area (Å²) < 4.78 is 0. The predicted molar refractivity (Wildman–Crippen MR) is 73.2 cm³/mol. The average Bonchev–Trinajstić information content (AvgIpc) is 2.34. The van der Waals surface area contributed by atoms with Crippen molar-refractivity contribution in [2.75, 3.05) is 0 Å². The number of carboxylic acid groups (broad SMARTS) is 1. The normalized spacial score (nSPS) is 16.1. The molecule has 2 amide bonds. The molecule has 1 aliphatic carbocycles. The summed E-state index contributed by atoms with van der Waals surface area (Å²) >= 11 is 0. The summed E-state index contributed by atoms with van der Waals surface area (Å²) in [6.07, 6.45) is 5.81. The maximum Gasteiger partial charge on any atom is 0.315 e. The second-order valence-corrected chi connectivity index (χ2v) is 5.31. The van der Waals surface area contributed by atoms with Crippen LogP contribution < -0.4 is 10.6 Å². The lowest BCUT2D eigenvalue weighted by Gasteiger charge is -2.41. The standard InChI is InChI=1S/C14H19N3O3/c1-10-8-15-6-3-11(10)9-16-13(20)17-14(4-2-5-14)7-12(18)19/h3,6,8H,2,4-5,7,9H2,1H3,(H,18,19)(H2,16,17,20). The van der Waals surface area contributed by atoms with E-state index in [4.69, 9.17) is 5.11 Å². The van der Waals surface area contributed by atoms with E-state index in [1.165, 1.54) is 0 Å². The highest BCUT2D eigenvalue weighted by atomic mass is 16.4. The fourth-order valence-corrected chi connectivity index (χ4v) is 2.40. The third kappa shape index (κ3) is 3.46. The van der Waals surface area contributed by atoms with Crippen molar-refractivity contribution in [2.24, 2.45) is 0 Å². The third-order valence-electron chi connectivity index (χ3n) is 3.75. The first-order valence-electron chi connectivity index (χ1n) is 6.68. The molecule has 2 rings (SSSR count). The fraction of sp³-hybridized carbons (Fsp3) is 0.500. The highest BCUT2D eigenvalue weighted by Crippen LogP contribution is 2.34. The van der Waals surface area contributed by atoms with Crippen LogP contribution in [0.2, 0.25) is 0 Å². The summed E-state index contributed by atoms with van der Waals surface area (Å²) in [5.41, 5.74) is 1.44. The lowest BCUT2D eigenvalue weighted by atomic mass is 9.74. The molecule has 6 heteroatoms. The number of hydrogen-bond donors (Lipinski definition) is 3. The number of aryl methyl sites for hydroxylation is 1. The number of aliphatic carboxylic acids is 1. The van der Waals surface area contributed by atoms with Gasteiger partial charge < -0.3 is 15.7 Å². The molecule has 6 nitrogen and oxygen atoms in total. The molecule has 3 N–H and O–H groups in total. The Labute approximate surface area is 117 Å². The zero-order valence-electron chi connectivity index (χ0n) is 11.5. The largest absolute Gasteiger partial charge is 0.481 e. The molecule has 1 aliphatic rings. The van der Waals surface area contributed by atoms with Crippen LogP contribution in [-0.4, -0.2) is 27.6 Å². The van der Waals surface area contributed by atoms with Gasteiger partial charge in [-0.2, -0.15) is 0 Å². The van der Waals surface area contributed by atoms with Crippen LogP contribution in [0.15, 0.2) is 18.5 Å². The Hall–Kier alpha value is -2.11. The van der Waals surface area contributed by atoms with Gasteiger partial charge in [-0.05, 0) is 43.4 Å². The van der Waals surface area contributed by atoms with Gasteiger partial charge in [-0.1, -0.05) is 0 Å². The van der Waals surface area contributed by atoms with E-state index in [1.54, 1.807) is 12.4 Å². The Balaban J connectivity index is 1.86. The molecule has 1 fully saturated rings. The Morgan fingerprint density at radius 1 is 1.45 bits per heavy atom. The summed E-state index contributed by atoms with van der Waals surface area (Å²) in [6, 6.07) is 1.54. The van der Waals surface area contributed by atoms with Crippen LogP contribution in [0.1, 0.15) is 36.8 Å². The summed E-state index contributed by atoms with van der Waals surface area (Å²) in [5, 5.41) is 14.5. The van der Waals surface area contributed by atoms with Crippen molar-refractivity contribution < 1.29 is 14.7 Å². The number of aromatic nitrogens is 1. The van der Waals surface area contributed by atoms with Crippen LogP contribution in [0.25, 0.3) is 0 Å². The number of carbonyl (C=O) groups is 2. The number of rotatable bonds is 5. The molecular weight excluding hydrogens is 258 g/mol. The van der Waals surface area contributed by atoms with Crippen LogP contribution in [0.3, 0.4) is 0 Å². The topological polar surface area (TPSA) is 91.3 Å². The summed E-state index contributed by atoms with van der Waals surface area (Å²) in [4.78, 5) is 26.7. The fourth-order valence-electron chi connectivity index (χ4n) is 2.40. The molecule has 0 unspecified atom stereocenters. The highest BCUT2D eigenvalue weighted by molar-refractivity contribution is 5.77. The maximum atomic E-state index is 11.9. The minimum atomic E-state index is -0.880. The first-order chi connectivity index (χ1) is 9.51. The molecule has 0 saturated heterocycles. The molecule has 0 atom stereocenters. The SMILES string of the molecule is Cc1cnccc1CNC(=O)NC1(CC(=O)O)CCC1. The van der Waals surface area contributed by atoms with E-state index in [9.17, 15) is 9.59 Å². The number of urea groups is 1. The van der Waals surface area contributed by atoms with Gasteiger partial charge in [0.15, 0.2) is 0 Å². The lowest BCUT2D eigenvalue weighted by molar-refractivity contribution is -0.139. The molecule has 0 bridgehead atoms. The lowest BCUT2D eigenvalue weighted by Crippen LogP contribution is -2.57. The van der Waals surface area contributed by atoms with Gasteiger partial charge >= 0.3 is 12.0 Å². The molecule has 1 heterocycles. The van der Waals surface area contributed by atoms with E-state index < -0.39 is 11.5 Å². The number of amides is 2. The molecule has 0 radical (unpaired) electrons. The van der Waals surface area contributed by atoms with Gasteiger partial charge in [-0.25, -0.2) is 4.79 Å². The van der Waals surface area contributed by atoms with E-state index >= 15 is 0 Å². The van der Waals surface area contributed by atoms with Crippen molar-refractivity contribution in [3.8, 4) is 0 Å². The number of carboxylic acids is 1. The third-order valence-corrected chi connectivity index (χ3v) is 3.75. The van der Waals surface area contributed by atoms with Crippen molar-refractivity contribution in [3.05, 3.63) is 29.6 Å². The van der Waals surface area contributed by atoms with Crippen molar-refractivity contribution in [1.29, 1.82) is 0 Å². The Bertz CT molecular complexity index is 512. The molecule has 1 aromatic rings. The number of nitrogens with zero attached hydrogens (tertiary/aromatic N) is 1.